The van der Waals surface area contributed by atoms with E-state index in [0.717, 1.165) is 32.1 Å². The molecule has 0 radical (unpaired) electrons. The van der Waals surface area contributed by atoms with Crippen molar-refractivity contribution in [1.82, 2.24) is 10.2 Å². The van der Waals surface area contributed by atoms with Crippen LogP contribution in [0.4, 0.5) is 5.69 Å². The first-order chi connectivity index (χ1) is 21.7. The number of nitrogens with zero attached hydrogens (tertiary/aromatic N) is 2. The number of benzene rings is 4. The van der Waals surface area contributed by atoms with Gasteiger partial charge >= 0.3 is 0 Å². The van der Waals surface area contributed by atoms with Gasteiger partial charge in [0, 0.05) is 23.5 Å². The number of halogens is 1. The van der Waals surface area contributed by atoms with Crippen LogP contribution in [0.25, 0.3) is 0 Å². The van der Waals surface area contributed by atoms with E-state index in [9.17, 15) is 18.0 Å². The Morgan fingerprint density at radius 3 is 2.04 bits per heavy atom. The lowest BCUT2D eigenvalue weighted by molar-refractivity contribution is -0.140. The molecule has 46 heavy (non-hydrogen) atoms. The molecule has 4 rings (SSSR count). The quantitative estimate of drug-likeness (QED) is 0.188. The van der Waals surface area contributed by atoms with Gasteiger partial charge in [0.1, 0.15) is 12.6 Å². The van der Waals surface area contributed by atoms with Crippen LogP contribution in [-0.4, -0.2) is 43.3 Å². The molecule has 0 saturated heterocycles. The fourth-order valence-electron chi connectivity index (χ4n) is 5.12. The normalized spacial score (nSPS) is 12.3. The van der Waals surface area contributed by atoms with Crippen LogP contribution in [0, 0.1) is 20.8 Å². The monoisotopic (exact) mass is 659 g/mol. The van der Waals surface area contributed by atoms with Crippen LogP contribution in [0.2, 0.25) is 5.02 Å². The number of hydrogen-bond acceptors (Lipinski definition) is 4. The molecule has 9 heteroatoms. The zero-order chi connectivity index (χ0) is 33.6. The lowest BCUT2D eigenvalue weighted by Crippen LogP contribution is -2.56. The number of rotatable bonds is 11. The van der Waals surface area contributed by atoms with E-state index < -0.39 is 34.1 Å². The van der Waals surface area contributed by atoms with Crippen molar-refractivity contribution in [3.05, 3.63) is 130 Å². The fourth-order valence-corrected chi connectivity index (χ4v) is 6.65. The molecule has 0 aliphatic heterocycles. The van der Waals surface area contributed by atoms with Crippen LogP contribution >= 0.6 is 11.6 Å². The molecule has 0 unspecified atom stereocenters. The van der Waals surface area contributed by atoms with Crippen LogP contribution in [0.3, 0.4) is 0 Å². The number of carbonyl (C=O) groups excluding carboxylic acids is 2. The van der Waals surface area contributed by atoms with Crippen molar-refractivity contribution in [2.45, 2.75) is 71.0 Å². The van der Waals surface area contributed by atoms with Crippen molar-refractivity contribution >= 4 is 39.1 Å². The highest BCUT2D eigenvalue weighted by atomic mass is 35.5. The molecule has 0 aliphatic rings. The first-order valence-electron chi connectivity index (χ1n) is 15.2. The molecule has 0 bridgehead atoms. The molecule has 242 valence electrons. The van der Waals surface area contributed by atoms with Gasteiger partial charge in [0.15, 0.2) is 0 Å². The summed E-state index contributed by atoms with van der Waals surface area (Å²) in [7, 11) is -4.22. The second-order valence-corrected chi connectivity index (χ2v) is 14.9. The van der Waals surface area contributed by atoms with Crippen molar-refractivity contribution in [2.75, 3.05) is 10.8 Å². The van der Waals surface area contributed by atoms with Crippen LogP contribution in [0.15, 0.2) is 102 Å². The highest BCUT2D eigenvalue weighted by molar-refractivity contribution is 7.92. The minimum absolute atomic E-state index is 0.000284. The molecule has 4 aromatic carbocycles. The van der Waals surface area contributed by atoms with E-state index in [1.54, 1.807) is 12.1 Å². The summed E-state index contributed by atoms with van der Waals surface area (Å²) < 4.78 is 29.6. The van der Waals surface area contributed by atoms with Crippen molar-refractivity contribution in [3.63, 3.8) is 0 Å². The Hall–Kier alpha value is -4.14. The van der Waals surface area contributed by atoms with Crippen molar-refractivity contribution in [1.29, 1.82) is 0 Å². The third-order valence-electron chi connectivity index (χ3n) is 7.83. The van der Waals surface area contributed by atoms with E-state index >= 15 is 0 Å². The van der Waals surface area contributed by atoms with Gasteiger partial charge in [-0.1, -0.05) is 72.3 Å². The van der Waals surface area contributed by atoms with Gasteiger partial charge in [-0.3, -0.25) is 13.9 Å². The molecule has 1 atom stereocenters. The maximum Gasteiger partial charge on any atom is 0.264 e. The third kappa shape index (κ3) is 8.77. The highest BCUT2D eigenvalue weighted by Gasteiger charge is 2.36. The van der Waals surface area contributed by atoms with Gasteiger partial charge in [0.05, 0.1) is 10.6 Å². The van der Waals surface area contributed by atoms with Crippen molar-refractivity contribution < 1.29 is 18.0 Å². The summed E-state index contributed by atoms with van der Waals surface area (Å²) in [5.41, 5.74) is 4.34. The summed E-state index contributed by atoms with van der Waals surface area (Å²) in [5.74, 6) is -0.833. The molecule has 4 aromatic rings. The van der Waals surface area contributed by atoms with Crippen molar-refractivity contribution in [3.8, 4) is 0 Å². The molecular formula is C37H42ClN3O4S. The minimum atomic E-state index is -4.22. The fraction of sp³-hybridized carbons (Fsp3) is 0.297. The minimum Gasteiger partial charge on any atom is -0.350 e. The van der Waals surface area contributed by atoms with E-state index in [2.05, 4.69) is 5.32 Å². The SMILES string of the molecule is Cc1ccc(N(CC(=O)N(Cc2ccccc2C)[C@H](Cc2ccccc2)C(=O)NC(C)(C)C)S(=O)(=O)c2ccc(Cl)cc2)cc1C. The Morgan fingerprint density at radius 2 is 1.43 bits per heavy atom. The van der Waals surface area contributed by atoms with E-state index in [4.69, 9.17) is 11.6 Å². The van der Waals surface area contributed by atoms with Gasteiger partial charge in [-0.2, -0.15) is 0 Å². The second-order valence-electron chi connectivity index (χ2n) is 12.6. The topological polar surface area (TPSA) is 86.8 Å². The molecule has 2 amide bonds. The molecule has 0 aliphatic carbocycles. The molecular weight excluding hydrogens is 618 g/mol. The lowest BCUT2D eigenvalue weighted by atomic mass is 10.00. The Morgan fingerprint density at radius 1 is 0.804 bits per heavy atom. The predicted octanol–water partition coefficient (Wildman–Crippen LogP) is 7.02. The molecule has 0 saturated carbocycles. The Bertz CT molecular complexity index is 1790. The molecule has 0 heterocycles. The number of amides is 2. The Balaban J connectivity index is 1.84. The van der Waals surface area contributed by atoms with Gasteiger partial charge < -0.3 is 10.2 Å². The largest absolute Gasteiger partial charge is 0.350 e. The van der Waals surface area contributed by atoms with E-state index in [1.165, 1.54) is 29.2 Å². The zero-order valence-electron chi connectivity index (χ0n) is 27.2. The summed E-state index contributed by atoms with van der Waals surface area (Å²) >= 11 is 6.08. The van der Waals surface area contributed by atoms with Crippen LogP contribution < -0.4 is 9.62 Å². The summed E-state index contributed by atoms with van der Waals surface area (Å²) in [6, 6.07) is 27.4. The number of carbonyl (C=O) groups is 2. The maximum atomic E-state index is 14.6. The van der Waals surface area contributed by atoms with E-state index in [1.807, 2.05) is 102 Å². The van der Waals surface area contributed by atoms with Gasteiger partial charge in [0.2, 0.25) is 11.8 Å². The molecule has 1 N–H and O–H groups in total. The number of aryl methyl sites for hydroxylation is 3. The molecule has 0 fully saturated rings. The predicted molar refractivity (Wildman–Crippen MR) is 185 cm³/mol. The Labute approximate surface area is 278 Å². The molecule has 7 nitrogen and oxygen atoms in total. The number of nitrogens with one attached hydrogen (secondary N) is 1. The summed E-state index contributed by atoms with van der Waals surface area (Å²) in [4.78, 5) is 30.2. The van der Waals surface area contributed by atoms with Gasteiger partial charge in [-0.05, 0) is 106 Å². The van der Waals surface area contributed by atoms with Gasteiger partial charge in [-0.15, -0.1) is 0 Å². The average molecular weight is 660 g/mol. The number of hydrogen-bond donors (Lipinski definition) is 1. The van der Waals surface area contributed by atoms with Crippen LogP contribution in [-0.2, 0) is 32.6 Å². The van der Waals surface area contributed by atoms with Crippen LogP contribution in [0.5, 0.6) is 0 Å². The number of anilines is 1. The lowest BCUT2D eigenvalue weighted by Gasteiger charge is -2.35. The third-order valence-corrected chi connectivity index (χ3v) is 9.87. The standard InChI is InChI=1S/C37H42ClN3O4S/c1-26-16-19-32(22-28(26)3)41(46(44,45)33-20-17-31(38)18-21-33)25-35(42)40(24-30-15-11-10-12-27(30)2)34(36(43)39-37(4,5)6)23-29-13-8-7-9-14-29/h7-22,34H,23-25H2,1-6H3,(H,39,43)/t34-/m1/s1. The first-order valence-corrected chi connectivity index (χ1v) is 17.0. The smallest absolute Gasteiger partial charge is 0.264 e. The maximum absolute atomic E-state index is 14.6. The van der Waals surface area contributed by atoms with Gasteiger partial charge in [0.25, 0.3) is 10.0 Å². The van der Waals surface area contributed by atoms with E-state index in [-0.39, 0.29) is 23.8 Å². The second kappa shape index (κ2) is 14.5. The summed E-state index contributed by atoms with van der Waals surface area (Å²) in [6.45, 7) is 11.0. The summed E-state index contributed by atoms with van der Waals surface area (Å²) in [6.07, 6.45) is 0.244. The van der Waals surface area contributed by atoms with Gasteiger partial charge in [-0.25, -0.2) is 8.42 Å². The average Bonchev–Trinajstić information content (AvgIpc) is 2.99. The van der Waals surface area contributed by atoms with Crippen molar-refractivity contribution in [2.24, 2.45) is 0 Å². The summed E-state index contributed by atoms with van der Waals surface area (Å²) in [5, 5.41) is 3.45. The van der Waals surface area contributed by atoms with Crippen LogP contribution in [0.1, 0.15) is 48.6 Å². The first kappa shape index (κ1) is 34.7. The molecule has 0 spiro atoms. The molecule has 0 aromatic heterocycles. The highest BCUT2D eigenvalue weighted by Crippen LogP contribution is 2.28. The Kier molecular flexibility index (Phi) is 11.0. The van der Waals surface area contributed by atoms with E-state index in [0.29, 0.717) is 10.7 Å². The zero-order valence-corrected chi connectivity index (χ0v) is 28.8. The number of sulfonamides is 1.